The maximum atomic E-state index is 13.9. The molecule has 0 saturated heterocycles. The number of nitrogens with one attached hydrogen (secondary N) is 1. The van der Waals surface area contributed by atoms with Gasteiger partial charge in [-0.3, -0.25) is 24.0 Å². The third-order valence-electron chi connectivity index (χ3n) is 6.08. The molecule has 0 saturated carbocycles. The van der Waals surface area contributed by atoms with Crippen molar-refractivity contribution in [3.05, 3.63) is 99.0 Å². The van der Waals surface area contributed by atoms with Crippen LogP contribution in [0.2, 0.25) is 0 Å². The van der Waals surface area contributed by atoms with E-state index in [4.69, 9.17) is 0 Å². The highest BCUT2D eigenvalue weighted by Gasteiger charge is 2.32. The van der Waals surface area contributed by atoms with E-state index >= 15 is 0 Å². The molecule has 0 bridgehead atoms. The van der Waals surface area contributed by atoms with Crippen LogP contribution in [-0.2, 0) is 26.2 Å². The number of hydrogen-bond acceptors (Lipinski definition) is 6. The van der Waals surface area contributed by atoms with Crippen LogP contribution in [0.1, 0.15) is 26.3 Å². The standard InChI is InChI=1S/C28H31BrN4O6S/c1-20(2)17-30-28(35)21(3)31(18-22-9-11-23(29)12-10-22)27(34)19-32(24-13-15-25(16-14-24)33(36)37)40(38,39)26-7-5-4-6-8-26/h4-16,20-21H,17-19H2,1-3H3,(H,30,35). The molecule has 40 heavy (non-hydrogen) atoms. The number of carbonyl (C=O) groups excluding carboxylic acids is 2. The summed E-state index contributed by atoms with van der Waals surface area (Å²) >= 11 is 3.38. The van der Waals surface area contributed by atoms with Gasteiger partial charge in [-0.2, -0.15) is 0 Å². The van der Waals surface area contributed by atoms with Crippen LogP contribution in [0.15, 0.2) is 88.2 Å². The van der Waals surface area contributed by atoms with E-state index in [9.17, 15) is 28.1 Å². The quantitative estimate of drug-likeness (QED) is 0.227. The van der Waals surface area contributed by atoms with Crippen molar-refractivity contribution in [3.8, 4) is 0 Å². The summed E-state index contributed by atoms with van der Waals surface area (Å²) in [4.78, 5) is 38.7. The number of nitrogens with zero attached hydrogens (tertiary/aromatic N) is 3. The van der Waals surface area contributed by atoms with Crippen molar-refractivity contribution in [2.75, 3.05) is 17.4 Å². The predicted octanol–water partition coefficient (Wildman–Crippen LogP) is 4.74. The predicted molar refractivity (Wildman–Crippen MR) is 156 cm³/mol. The van der Waals surface area contributed by atoms with Gasteiger partial charge in [-0.1, -0.05) is 60.1 Å². The zero-order valence-corrected chi connectivity index (χ0v) is 24.8. The van der Waals surface area contributed by atoms with Crippen molar-refractivity contribution >= 4 is 49.1 Å². The Morgan fingerprint density at radius 3 is 2.10 bits per heavy atom. The molecule has 0 radical (unpaired) electrons. The van der Waals surface area contributed by atoms with Crippen molar-refractivity contribution in [1.29, 1.82) is 0 Å². The number of halogens is 1. The molecule has 0 heterocycles. The fraction of sp³-hybridized carbons (Fsp3) is 0.286. The molecule has 0 fully saturated rings. The molecule has 10 nitrogen and oxygen atoms in total. The van der Waals surface area contributed by atoms with Gasteiger partial charge in [0.2, 0.25) is 11.8 Å². The van der Waals surface area contributed by atoms with Crippen LogP contribution in [0.3, 0.4) is 0 Å². The molecule has 3 rings (SSSR count). The van der Waals surface area contributed by atoms with E-state index in [-0.39, 0.29) is 34.6 Å². The SMILES string of the molecule is CC(C)CNC(=O)C(C)N(Cc1ccc(Br)cc1)C(=O)CN(c1ccc([N+](=O)[O-])cc1)S(=O)(=O)c1ccccc1. The number of sulfonamides is 1. The molecule has 3 aromatic carbocycles. The molecule has 12 heteroatoms. The summed E-state index contributed by atoms with van der Waals surface area (Å²) in [5.74, 6) is -0.791. The Morgan fingerprint density at radius 1 is 0.950 bits per heavy atom. The molecule has 0 aromatic heterocycles. The fourth-order valence-electron chi connectivity index (χ4n) is 3.81. The lowest BCUT2D eigenvalue weighted by molar-refractivity contribution is -0.384. The number of nitro groups is 1. The Labute approximate surface area is 242 Å². The van der Waals surface area contributed by atoms with Crippen molar-refractivity contribution in [2.45, 2.75) is 38.3 Å². The maximum absolute atomic E-state index is 13.9. The van der Waals surface area contributed by atoms with Gasteiger partial charge >= 0.3 is 0 Å². The molecule has 1 unspecified atom stereocenters. The second-order valence-corrected chi connectivity index (χ2v) is 12.3. The van der Waals surface area contributed by atoms with Gasteiger partial charge in [0.1, 0.15) is 12.6 Å². The normalized spacial score (nSPS) is 12.0. The van der Waals surface area contributed by atoms with E-state index in [1.165, 1.54) is 41.3 Å². The van der Waals surface area contributed by atoms with Gasteiger partial charge < -0.3 is 10.2 Å². The van der Waals surface area contributed by atoms with E-state index in [1.807, 2.05) is 26.0 Å². The molecule has 2 amide bonds. The second kappa shape index (κ2) is 13.5. The fourth-order valence-corrected chi connectivity index (χ4v) is 5.51. The molecule has 1 N–H and O–H groups in total. The molecule has 1 atom stereocenters. The van der Waals surface area contributed by atoms with Crippen LogP contribution < -0.4 is 9.62 Å². The Bertz CT molecular complexity index is 1430. The first kappa shape index (κ1) is 30.8. The molecule has 0 aliphatic carbocycles. The van der Waals surface area contributed by atoms with Crippen LogP contribution in [0, 0.1) is 16.0 Å². The molecule has 0 aliphatic heterocycles. The smallest absolute Gasteiger partial charge is 0.269 e. The molecule has 0 spiro atoms. The molecule has 212 valence electrons. The van der Waals surface area contributed by atoms with Gasteiger partial charge in [0, 0.05) is 29.7 Å². The Kier molecular flexibility index (Phi) is 10.4. The van der Waals surface area contributed by atoms with Crippen LogP contribution >= 0.6 is 15.9 Å². The zero-order chi connectivity index (χ0) is 29.4. The van der Waals surface area contributed by atoms with Crippen LogP contribution in [0.4, 0.5) is 11.4 Å². The summed E-state index contributed by atoms with van der Waals surface area (Å²) in [6.45, 7) is 5.34. The van der Waals surface area contributed by atoms with Gasteiger partial charge in [-0.15, -0.1) is 0 Å². The van der Waals surface area contributed by atoms with Gasteiger partial charge in [0.05, 0.1) is 15.5 Å². The highest BCUT2D eigenvalue weighted by molar-refractivity contribution is 9.10. The first-order valence-corrected chi connectivity index (χ1v) is 14.8. The lowest BCUT2D eigenvalue weighted by Gasteiger charge is -2.32. The number of rotatable bonds is 12. The minimum absolute atomic E-state index is 0.0525. The van der Waals surface area contributed by atoms with Crippen LogP contribution in [0.5, 0.6) is 0 Å². The average Bonchev–Trinajstić information content (AvgIpc) is 2.94. The third-order valence-corrected chi connectivity index (χ3v) is 8.39. The van der Waals surface area contributed by atoms with Gasteiger partial charge in [0.15, 0.2) is 0 Å². The lowest BCUT2D eigenvalue weighted by Crippen LogP contribution is -2.51. The highest BCUT2D eigenvalue weighted by Crippen LogP contribution is 2.26. The van der Waals surface area contributed by atoms with E-state index in [2.05, 4.69) is 21.2 Å². The molecular formula is C28H31BrN4O6S. The first-order chi connectivity index (χ1) is 18.9. The Balaban J connectivity index is 2.01. The number of non-ortho nitro benzene ring substituents is 1. The molecule has 0 aliphatic rings. The Morgan fingerprint density at radius 2 is 1.55 bits per heavy atom. The van der Waals surface area contributed by atoms with Gasteiger partial charge in [-0.25, -0.2) is 8.42 Å². The van der Waals surface area contributed by atoms with E-state index < -0.39 is 33.4 Å². The topological polar surface area (TPSA) is 130 Å². The van der Waals surface area contributed by atoms with E-state index in [0.717, 1.165) is 14.3 Å². The van der Waals surface area contributed by atoms with Gasteiger partial charge in [0.25, 0.3) is 15.7 Å². The highest BCUT2D eigenvalue weighted by atomic mass is 79.9. The Hall–Kier alpha value is -3.77. The number of benzene rings is 3. The minimum atomic E-state index is -4.25. The number of nitro benzene ring substituents is 1. The minimum Gasteiger partial charge on any atom is -0.354 e. The van der Waals surface area contributed by atoms with Crippen molar-refractivity contribution in [2.24, 2.45) is 5.92 Å². The van der Waals surface area contributed by atoms with Crippen LogP contribution in [0.25, 0.3) is 0 Å². The second-order valence-electron chi connectivity index (χ2n) is 9.56. The first-order valence-electron chi connectivity index (χ1n) is 12.5. The van der Waals surface area contributed by atoms with Crippen molar-refractivity contribution in [3.63, 3.8) is 0 Å². The van der Waals surface area contributed by atoms with Crippen molar-refractivity contribution < 1.29 is 22.9 Å². The number of amides is 2. The monoisotopic (exact) mass is 630 g/mol. The van der Waals surface area contributed by atoms with E-state index in [0.29, 0.717) is 6.54 Å². The number of hydrogen-bond donors (Lipinski definition) is 1. The summed E-state index contributed by atoms with van der Waals surface area (Å²) < 4.78 is 29.2. The van der Waals surface area contributed by atoms with Crippen LogP contribution in [-0.4, -0.2) is 49.2 Å². The maximum Gasteiger partial charge on any atom is 0.269 e. The van der Waals surface area contributed by atoms with E-state index in [1.54, 1.807) is 37.3 Å². The summed E-state index contributed by atoms with van der Waals surface area (Å²) in [5, 5.41) is 14.0. The number of anilines is 1. The number of carbonyl (C=O) groups is 2. The molecule has 3 aromatic rings. The summed E-state index contributed by atoms with van der Waals surface area (Å²) in [6.07, 6.45) is 0. The summed E-state index contributed by atoms with van der Waals surface area (Å²) in [6, 6.07) is 18.8. The lowest BCUT2D eigenvalue weighted by atomic mass is 10.1. The average molecular weight is 632 g/mol. The zero-order valence-electron chi connectivity index (χ0n) is 22.4. The molecular weight excluding hydrogens is 600 g/mol. The van der Waals surface area contributed by atoms with Gasteiger partial charge in [-0.05, 0) is 54.8 Å². The summed E-state index contributed by atoms with van der Waals surface area (Å²) in [5.41, 5.74) is 0.593. The van der Waals surface area contributed by atoms with Crippen molar-refractivity contribution in [1.82, 2.24) is 10.2 Å². The third kappa shape index (κ3) is 7.89. The largest absolute Gasteiger partial charge is 0.354 e. The summed E-state index contributed by atoms with van der Waals surface area (Å²) in [7, 11) is -4.25.